The summed E-state index contributed by atoms with van der Waals surface area (Å²) in [6, 6.07) is 6.55. The van der Waals surface area contributed by atoms with Crippen LogP contribution in [0.2, 0.25) is 0 Å². The van der Waals surface area contributed by atoms with Gasteiger partial charge in [0.2, 0.25) is 17.7 Å². The van der Waals surface area contributed by atoms with E-state index in [1.807, 2.05) is 12.2 Å². The SMILES string of the molecule is CCOC(=O)c1ccccc1NC(=O)CCN1C(=O)[C@H]2CC=CC[C@@H]2C1=O. The zero-order valence-electron chi connectivity index (χ0n) is 15.1. The number of likely N-dealkylation sites (tertiary alicyclic amines) is 1. The van der Waals surface area contributed by atoms with Gasteiger partial charge in [-0.25, -0.2) is 4.79 Å². The van der Waals surface area contributed by atoms with Gasteiger partial charge in [0.25, 0.3) is 0 Å². The number of allylic oxidation sites excluding steroid dienone is 2. The molecule has 2 atom stereocenters. The van der Waals surface area contributed by atoms with Crippen LogP contribution in [0.4, 0.5) is 5.69 Å². The molecule has 1 saturated heterocycles. The van der Waals surface area contributed by atoms with Gasteiger partial charge in [-0.3, -0.25) is 19.3 Å². The zero-order valence-corrected chi connectivity index (χ0v) is 15.1. The van der Waals surface area contributed by atoms with Crippen LogP contribution in [-0.4, -0.2) is 41.7 Å². The number of esters is 1. The lowest BCUT2D eigenvalue weighted by atomic mass is 9.85. The molecule has 7 nitrogen and oxygen atoms in total. The van der Waals surface area contributed by atoms with Crippen LogP contribution in [0, 0.1) is 11.8 Å². The Balaban J connectivity index is 1.60. The molecule has 0 spiro atoms. The first kappa shape index (κ1) is 18.8. The van der Waals surface area contributed by atoms with Crippen molar-refractivity contribution in [3.63, 3.8) is 0 Å². The first-order valence-corrected chi connectivity index (χ1v) is 9.09. The fourth-order valence-electron chi connectivity index (χ4n) is 3.49. The van der Waals surface area contributed by atoms with E-state index in [0.717, 1.165) is 0 Å². The maximum atomic E-state index is 12.4. The molecule has 1 heterocycles. The number of hydrogen-bond acceptors (Lipinski definition) is 5. The van der Waals surface area contributed by atoms with Crippen LogP contribution in [0.1, 0.15) is 36.5 Å². The molecular formula is C20H22N2O5. The highest BCUT2D eigenvalue weighted by Gasteiger charge is 2.46. The lowest BCUT2D eigenvalue weighted by Gasteiger charge is -2.15. The summed E-state index contributed by atoms with van der Waals surface area (Å²) in [6.07, 6.45) is 4.97. The molecule has 142 valence electrons. The maximum Gasteiger partial charge on any atom is 0.340 e. The Bertz CT molecular complexity index is 775. The smallest absolute Gasteiger partial charge is 0.340 e. The van der Waals surface area contributed by atoms with Gasteiger partial charge in [-0.05, 0) is 31.9 Å². The molecule has 1 aromatic rings. The van der Waals surface area contributed by atoms with Crippen molar-refractivity contribution in [3.8, 4) is 0 Å². The van der Waals surface area contributed by atoms with Gasteiger partial charge in [0.1, 0.15) is 0 Å². The molecule has 1 fully saturated rings. The number of para-hydroxylation sites is 1. The van der Waals surface area contributed by atoms with E-state index in [-0.39, 0.29) is 54.7 Å². The van der Waals surface area contributed by atoms with Crippen LogP contribution in [0.15, 0.2) is 36.4 Å². The van der Waals surface area contributed by atoms with Gasteiger partial charge in [0.15, 0.2) is 0 Å². The van der Waals surface area contributed by atoms with Gasteiger partial charge >= 0.3 is 5.97 Å². The van der Waals surface area contributed by atoms with E-state index < -0.39 is 5.97 Å². The van der Waals surface area contributed by atoms with E-state index in [0.29, 0.717) is 18.5 Å². The third-order valence-corrected chi connectivity index (χ3v) is 4.86. The van der Waals surface area contributed by atoms with E-state index in [1.165, 1.54) is 4.90 Å². The fraction of sp³-hybridized carbons (Fsp3) is 0.400. The summed E-state index contributed by atoms with van der Waals surface area (Å²) in [7, 11) is 0. The monoisotopic (exact) mass is 370 g/mol. The minimum absolute atomic E-state index is 0.0263. The highest BCUT2D eigenvalue weighted by molar-refractivity contribution is 6.06. The minimum atomic E-state index is -0.519. The Labute approximate surface area is 157 Å². The number of ether oxygens (including phenoxy) is 1. The predicted molar refractivity (Wildman–Crippen MR) is 97.7 cm³/mol. The van der Waals surface area contributed by atoms with Crippen LogP contribution in [-0.2, 0) is 19.1 Å². The molecule has 3 rings (SSSR count). The summed E-state index contributed by atoms with van der Waals surface area (Å²) >= 11 is 0. The molecule has 7 heteroatoms. The molecule has 0 radical (unpaired) electrons. The first-order chi connectivity index (χ1) is 13.0. The second-order valence-electron chi connectivity index (χ2n) is 6.55. The molecule has 1 aromatic carbocycles. The number of hydrogen-bond donors (Lipinski definition) is 1. The van der Waals surface area contributed by atoms with Gasteiger partial charge in [-0.2, -0.15) is 0 Å². The lowest BCUT2D eigenvalue weighted by molar-refractivity contribution is -0.140. The van der Waals surface area contributed by atoms with Gasteiger partial charge in [0.05, 0.1) is 29.7 Å². The number of imide groups is 1. The summed E-state index contributed by atoms with van der Waals surface area (Å²) in [5.74, 6) is -1.89. The largest absolute Gasteiger partial charge is 0.462 e. The number of benzene rings is 1. The zero-order chi connectivity index (χ0) is 19.4. The van der Waals surface area contributed by atoms with Crippen molar-refractivity contribution >= 4 is 29.4 Å². The molecule has 0 aromatic heterocycles. The lowest BCUT2D eigenvalue weighted by Crippen LogP contribution is -2.34. The molecule has 0 saturated carbocycles. The summed E-state index contributed by atoms with van der Waals surface area (Å²) in [5, 5.41) is 2.66. The number of rotatable bonds is 6. The minimum Gasteiger partial charge on any atom is -0.462 e. The molecule has 1 aliphatic heterocycles. The topological polar surface area (TPSA) is 92.8 Å². The maximum absolute atomic E-state index is 12.4. The van der Waals surface area contributed by atoms with Gasteiger partial charge < -0.3 is 10.1 Å². The summed E-state index contributed by atoms with van der Waals surface area (Å²) in [5.41, 5.74) is 0.607. The number of nitrogens with one attached hydrogen (secondary N) is 1. The van der Waals surface area contributed by atoms with Crippen LogP contribution in [0.3, 0.4) is 0 Å². The van der Waals surface area contributed by atoms with Crippen LogP contribution in [0.25, 0.3) is 0 Å². The number of amides is 3. The Morgan fingerprint density at radius 2 is 1.74 bits per heavy atom. The number of fused-ring (bicyclic) bond motifs is 1. The Morgan fingerprint density at radius 1 is 1.11 bits per heavy atom. The average Bonchev–Trinajstić information content (AvgIpc) is 2.91. The number of nitrogens with zero attached hydrogens (tertiary/aromatic N) is 1. The molecule has 0 bridgehead atoms. The van der Waals surface area contributed by atoms with Gasteiger partial charge in [-0.15, -0.1) is 0 Å². The van der Waals surface area contributed by atoms with E-state index in [4.69, 9.17) is 4.74 Å². The summed E-state index contributed by atoms with van der Waals surface area (Å²) < 4.78 is 4.98. The third-order valence-electron chi connectivity index (χ3n) is 4.86. The highest BCUT2D eigenvalue weighted by Crippen LogP contribution is 2.35. The van der Waals surface area contributed by atoms with E-state index in [9.17, 15) is 19.2 Å². The number of carbonyl (C=O) groups excluding carboxylic acids is 4. The molecule has 1 aliphatic carbocycles. The average molecular weight is 370 g/mol. The van der Waals surface area contributed by atoms with Crippen LogP contribution >= 0.6 is 0 Å². The van der Waals surface area contributed by atoms with Crippen molar-refractivity contribution in [2.24, 2.45) is 11.8 Å². The van der Waals surface area contributed by atoms with Crippen molar-refractivity contribution in [1.29, 1.82) is 0 Å². The number of anilines is 1. The normalized spacial score (nSPS) is 21.1. The highest BCUT2D eigenvalue weighted by atomic mass is 16.5. The van der Waals surface area contributed by atoms with Crippen molar-refractivity contribution < 1.29 is 23.9 Å². The van der Waals surface area contributed by atoms with Gasteiger partial charge in [-0.1, -0.05) is 24.3 Å². The van der Waals surface area contributed by atoms with E-state index >= 15 is 0 Å². The molecule has 0 unspecified atom stereocenters. The van der Waals surface area contributed by atoms with Crippen molar-refractivity contribution in [1.82, 2.24) is 4.90 Å². The Morgan fingerprint density at radius 3 is 2.37 bits per heavy atom. The Kier molecular flexibility index (Phi) is 5.69. The second kappa shape index (κ2) is 8.16. The first-order valence-electron chi connectivity index (χ1n) is 9.09. The second-order valence-corrected chi connectivity index (χ2v) is 6.55. The van der Waals surface area contributed by atoms with Crippen molar-refractivity contribution in [3.05, 3.63) is 42.0 Å². The van der Waals surface area contributed by atoms with Gasteiger partial charge in [0, 0.05) is 13.0 Å². The molecule has 2 aliphatic rings. The Hall–Kier alpha value is -2.96. The summed E-state index contributed by atoms with van der Waals surface area (Å²) in [6.45, 7) is 1.98. The quantitative estimate of drug-likeness (QED) is 0.470. The number of carbonyl (C=O) groups is 4. The molecule has 27 heavy (non-hydrogen) atoms. The van der Waals surface area contributed by atoms with Crippen molar-refractivity contribution in [2.75, 3.05) is 18.5 Å². The summed E-state index contributed by atoms with van der Waals surface area (Å²) in [4.78, 5) is 50.3. The van der Waals surface area contributed by atoms with Crippen molar-refractivity contribution in [2.45, 2.75) is 26.2 Å². The third kappa shape index (κ3) is 3.92. The molecule has 1 N–H and O–H groups in total. The molecule has 3 amide bonds. The van der Waals surface area contributed by atoms with E-state index in [2.05, 4.69) is 5.32 Å². The molecular weight excluding hydrogens is 348 g/mol. The van der Waals surface area contributed by atoms with Crippen LogP contribution in [0.5, 0.6) is 0 Å². The predicted octanol–water partition coefficient (Wildman–Crippen LogP) is 2.14. The standard InChI is InChI=1S/C20H22N2O5/c1-2-27-20(26)15-9-5-6-10-16(15)21-17(23)11-12-22-18(24)13-7-3-4-8-14(13)19(22)25/h3-6,9-10,13-14H,2,7-8,11-12H2,1H3,(H,21,23)/t13-,14-/m0/s1. The fourth-order valence-corrected chi connectivity index (χ4v) is 3.49. The van der Waals surface area contributed by atoms with E-state index in [1.54, 1.807) is 31.2 Å². The van der Waals surface area contributed by atoms with Crippen LogP contribution < -0.4 is 5.32 Å².